The van der Waals surface area contributed by atoms with Crippen molar-refractivity contribution < 1.29 is 9.53 Å². The summed E-state index contributed by atoms with van der Waals surface area (Å²) in [5, 5.41) is 2.83. The number of hydrogen-bond donors (Lipinski definition) is 2. The van der Waals surface area contributed by atoms with Gasteiger partial charge < -0.3 is 15.8 Å². The molecule has 94 valence electrons. The molecule has 1 saturated carbocycles. The number of nitrogens with one attached hydrogen (secondary N) is 1. The Hall–Kier alpha value is -0.610. The molecule has 0 aromatic carbocycles. The second-order valence-electron chi connectivity index (χ2n) is 4.50. The highest BCUT2D eigenvalue weighted by Gasteiger charge is 2.14. The van der Waals surface area contributed by atoms with Crippen molar-refractivity contribution in [3.8, 4) is 0 Å². The summed E-state index contributed by atoms with van der Waals surface area (Å²) >= 11 is 0. The predicted octanol–water partition coefficient (Wildman–Crippen LogP) is 1.19. The predicted molar refractivity (Wildman–Crippen MR) is 64.1 cm³/mol. The zero-order valence-electron chi connectivity index (χ0n) is 10.2. The topological polar surface area (TPSA) is 64.4 Å². The fourth-order valence-electron chi connectivity index (χ4n) is 1.93. The molecule has 1 fully saturated rings. The van der Waals surface area contributed by atoms with Gasteiger partial charge in [-0.2, -0.15) is 0 Å². The molecule has 0 radical (unpaired) electrons. The SMILES string of the molecule is CCC(N)CC(=O)NCCOC1CCCC1. The molecule has 4 heteroatoms. The van der Waals surface area contributed by atoms with Crippen molar-refractivity contribution in [1.82, 2.24) is 5.32 Å². The first-order chi connectivity index (χ1) is 7.72. The Kier molecular flexibility index (Phi) is 6.42. The van der Waals surface area contributed by atoms with E-state index < -0.39 is 0 Å². The molecule has 0 aliphatic heterocycles. The molecule has 4 nitrogen and oxygen atoms in total. The van der Waals surface area contributed by atoms with Crippen molar-refractivity contribution in [3.05, 3.63) is 0 Å². The molecule has 0 spiro atoms. The molecule has 1 aliphatic carbocycles. The number of hydrogen-bond acceptors (Lipinski definition) is 3. The molecule has 1 atom stereocenters. The van der Waals surface area contributed by atoms with Gasteiger partial charge in [0.05, 0.1) is 12.7 Å². The van der Waals surface area contributed by atoms with Crippen LogP contribution < -0.4 is 11.1 Å². The fourth-order valence-corrected chi connectivity index (χ4v) is 1.93. The van der Waals surface area contributed by atoms with Crippen molar-refractivity contribution >= 4 is 5.91 Å². The van der Waals surface area contributed by atoms with E-state index in [0.717, 1.165) is 6.42 Å². The summed E-state index contributed by atoms with van der Waals surface area (Å²) in [5.41, 5.74) is 5.69. The molecule has 1 amide bonds. The molecule has 0 aromatic rings. The molecule has 1 aliphatic rings. The highest BCUT2D eigenvalue weighted by Crippen LogP contribution is 2.20. The smallest absolute Gasteiger partial charge is 0.221 e. The third kappa shape index (κ3) is 5.47. The lowest BCUT2D eigenvalue weighted by Gasteiger charge is -2.12. The first kappa shape index (κ1) is 13.5. The van der Waals surface area contributed by atoms with Gasteiger partial charge in [0.2, 0.25) is 5.91 Å². The first-order valence-corrected chi connectivity index (χ1v) is 6.36. The van der Waals surface area contributed by atoms with E-state index in [9.17, 15) is 4.79 Å². The molecule has 0 heterocycles. The summed E-state index contributed by atoms with van der Waals surface area (Å²) in [5.74, 6) is 0.0318. The van der Waals surface area contributed by atoms with E-state index >= 15 is 0 Å². The lowest BCUT2D eigenvalue weighted by atomic mass is 10.1. The average Bonchev–Trinajstić information content (AvgIpc) is 2.77. The van der Waals surface area contributed by atoms with Crippen molar-refractivity contribution in [3.63, 3.8) is 0 Å². The van der Waals surface area contributed by atoms with Crippen LogP contribution in [0.3, 0.4) is 0 Å². The monoisotopic (exact) mass is 228 g/mol. The highest BCUT2D eigenvalue weighted by molar-refractivity contribution is 5.76. The zero-order valence-corrected chi connectivity index (χ0v) is 10.2. The average molecular weight is 228 g/mol. The Balaban J connectivity index is 1.95. The summed E-state index contributed by atoms with van der Waals surface area (Å²) in [6.07, 6.45) is 6.59. The van der Waals surface area contributed by atoms with Crippen LogP contribution in [0, 0.1) is 0 Å². The molecule has 3 N–H and O–H groups in total. The van der Waals surface area contributed by atoms with Gasteiger partial charge in [-0.15, -0.1) is 0 Å². The van der Waals surface area contributed by atoms with E-state index in [4.69, 9.17) is 10.5 Å². The number of carbonyl (C=O) groups is 1. The third-order valence-electron chi connectivity index (χ3n) is 3.05. The minimum atomic E-state index is -0.0178. The molecule has 1 rings (SSSR count). The van der Waals surface area contributed by atoms with E-state index in [1.807, 2.05) is 6.92 Å². The van der Waals surface area contributed by atoms with Crippen molar-refractivity contribution in [2.24, 2.45) is 5.73 Å². The van der Waals surface area contributed by atoms with Gasteiger partial charge in [0, 0.05) is 19.0 Å². The molecule has 16 heavy (non-hydrogen) atoms. The van der Waals surface area contributed by atoms with E-state index in [0.29, 0.717) is 25.7 Å². The van der Waals surface area contributed by atoms with E-state index in [2.05, 4.69) is 5.32 Å². The van der Waals surface area contributed by atoms with Gasteiger partial charge >= 0.3 is 0 Å². The Morgan fingerprint density at radius 1 is 1.50 bits per heavy atom. The van der Waals surface area contributed by atoms with Gasteiger partial charge in [0.1, 0.15) is 0 Å². The number of ether oxygens (including phenoxy) is 1. The van der Waals surface area contributed by atoms with Crippen LogP contribution in [-0.4, -0.2) is 31.2 Å². The summed E-state index contributed by atoms with van der Waals surface area (Å²) in [6, 6.07) is -0.0178. The quantitative estimate of drug-likeness (QED) is 0.643. The Morgan fingerprint density at radius 2 is 2.19 bits per heavy atom. The molecule has 1 unspecified atom stereocenters. The van der Waals surface area contributed by atoms with Crippen LogP contribution in [0.25, 0.3) is 0 Å². The molecule has 0 aromatic heterocycles. The van der Waals surface area contributed by atoms with Crippen molar-refractivity contribution in [2.45, 2.75) is 57.6 Å². The van der Waals surface area contributed by atoms with Crippen LogP contribution in [-0.2, 0) is 9.53 Å². The van der Waals surface area contributed by atoms with Gasteiger partial charge in [-0.3, -0.25) is 4.79 Å². The van der Waals surface area contributed by atoms with Crippen molar-refractivity contribution in [2.75, 3.05) is 13.2 Å². The zero-order chi connectivity index (χ0) is 11.8. The number of rotatable bonds is 7. The Bertz CT molecular complexity index is 203. The van der Waals surface area contributed by atoms with Gasteiger partial charge in [0.15, 0.2) is 0 Å². The van der Waals surface area contributed by atoms with Crippen LogP contribution in [0.2, 0.25) is 0 Å². The summed E-state index contributed by atoms with van der Waals surface area (Å²) in [4.78, 5) is 11.4. The maximum absolute atomic E-state index is 11.4. The standard InChI is InChI=1S/C12H24N2O2/c1-2-10(13)9-12(15)14-7-8-16-11-5-3-4-6-11/h10-11H,2-9,13H2,1H3,(H,14,15). The van der Waals surface area contributed by atoms with E-state index in [1.54, 1.807) is 0 Å². The summed E-state index contributed by atoms with van der Waals surface area (Å²) < 4.78 is 5.64. The Morgan fingerprint density at radius 3 is 2.81 bits per heavy atom. The lowest BCUT2D eigenvalue weighted by Crippen LogP contribution is -2.33. The maximum atomic E-state index is 11.4. The second kappa shape index (κ2) is 7.63. The normalized spacial score (nSPS) is 18.6. The minimum Gasteiger partial charge on any atom is -0.376 e. The maximum Gasteiger partial charge on any atom is 0.221 e. The summed E-state index contributed by atoms with van der Waals surface area (Å²) in [6.45, 7) is 3.21. The van der Waals surface area contributed by atoms with Gasteiger partial charge in [0.25, 0.3) is 0 Å². The molecular formula is C12H24N2O2. The van der Waals surface area contributed by atoms with Crippen LogP contribution >= 0.6 is 0 Å². The van der Waals surface area contributed by atoms with E-state index in [-0.39, 0.29) is 11.9 Å². The lowest BCUT2D eigenvalue weighted by molar-refractivity contribution is -0.121. The van der Waals surface area contributed by atoms with Crippen molar-refractivity contribution in [1.29, 1.82) is 0 Å². The van der Waals surface area contributed by atoms with Crippen LogP contribution in [0.15, 0.2) is 0 Å². The Labute approximate surface area is 97.9 Å². The van der Waals surface area contributed by atoms with E-state index in [1.165, 1.54) is 25.7 Å². The number of amides is 1. The fraction of sp³-hybridized carbons (Fsp3) is 0.917. The van der Waals surface area contributed by atoms with Gasteiger partial charge in [-0.05, 0) is 19.3 Å². The van der Waals surface area contributed by atoms with Crippen LogP contribution in [0.4, 0.5) is 0 Å². The largest absolute Gasteiger partial charge is 0.376 e. The first-order valence-electron chi connectivity index (χ1n) is 6.36. The van der Waals surface area contributed by atoms with Crippen LogP contribution in [0.1, 0.15) is 45.4 Å². The highest BCUT2D eigenvalue weighted by atomic mass is 16.5. The minimum absolute atomic E-state index is 0.0178. The second-order valence-corrected chi connectivity index (χ2v) is 4.50. The summed E-state index contributed by atoms with van der Waals surface area (Å²) in [7, 11) is 0. The molecule has 0 bridgehead atoms. The number of nitrogens with two attached hydrogens (primary N) is 1. The van der Waals surface area contributed by atoms with Gasteiger partial charge in [-0.25, -0.2) is 0 Å². The van der Waals surface area contributed by atoms with Gasteiger partial charge in [-0.1, -0.05) is 19.8 Å². The molecule has 0 saturated heterocycles. The van der Waals surface area contributed by atoms with Crippen LogP contribution in [0.5, 0.6) is 0 Å². The molecular weight excluding hydrogens is 204 g/mol. The third-order valence-corrected chi connectivity index (χ3v) is 3.05. The number of carbonyl (C=O) groups excluding carboxylic acids is 1.